The fourth-order valence-electron chi connectivity index (χ4n) is 1.57. The molecule has 0 radical (unpaired) electrons. The van der Waals surface area contributed by atoms with Gasteiger partial charge in [0.15, 0.2) is 0 Å². The Kier molecular flexibility index (Phi) is 3.15. The van der Waals surface area contributed by atoms with E-state index in [4.69, 9.17) is 5.73 Å². The lowest BCUT2D eigenvalue weighted by Gasteiger charge is -2.07. The van der Waals surface area contributed by atoms with E-state index in [0.717, 1.165) is 22.0 Å². The SMILES string of the molecule is CSc1cccc(-c2cc(C)ccc2N)n1. The Labute approximate surface area is 99.9 Å². The number of benzene rings is 1. The third-order valence-corrected chi connectivity index (χ3v) is 3.06. The molecule has 0 bridgehead atoms. The lowest BCUT2D eigenvalue weighted by molar-refractivity contribution is 1.14. The first-order chi connectivity index (χ1) is 7.70. The molecule has 0 aliphatic heterocycles. The maximum absolute atomic E-state index is 5.97. The van der Waals surface area contributed by atoms with Crippen LogP contribution in [0.1, 0.15) is 5.56 Å². The van der Waals surface area contributed by atoms with Gasteiger partial charge in [-0.25, -0.2) is 4.98 Å². The van der Waals surface area contributed by atoms with Gasteiger partial charge < -0.3 is 5.73 Å². The highest BCUT2D eigenvalue weighted by Crippen LogP contribution is 2.26. The Morgan fingerprint density at radius 2 is 2.00 bits per heavy atom. The monoisotopic (exact) mass is 230 g/mol. The molecule has 1 heterocycles. The van der Waals surface area contributed by atoms with Crippen LogP contribution in [0, 0.1) is 6.92 Å². The van der Waals surface area contributed by atoms with Crippen molar-refractivity contribution in [1.29, 1.82) is 0 Å². The van der Waals surface area contributed by atoms with Gasteiger partial charge in [-0.15, -0.1) is 11.8 Å². The maximum Gasteiger partial charge on any atom is 0.0964 e. The molecule has 0 aliphatic carbocycles. The quantitative estimate of drug-likeness (QED) is 0.635. The van der Waals surface area contributed by atoms with E-state index in [2.05, 4.69) is 18.0 Å². The lowest BCUT2D eigenvalue weighted by Crippen LogP contribution is -1.93. The molecule has 82 valence electrons. The molecule has 16 heavy (non-hydrogen) atoms. The minimum Gasteiger partial charge on any atom is -0.398 e. The summed E-state index contributed by atoms with van der Waals surface area (Å²) < 4.78 is 0. The molecule has 0 spiro atoms. The average molecular weight is 230 g/mol. The summed E-state index contributed by atoms with van der Waals surface area (Å²) in [6.07, 6.45) is 2.02. The molecule has 0 aliphatic rings. The molecule has 0 fully saturated rings. The van der Waals surface area contributed by atoms with E-state index in [0.29, 0.717) is 0 Å². The van der Waals surface area contributed by atoms with Crippen LogP contribution < -0.4 is 5.73 Å². The van der Waals surface area contributed by atoms with Crippen LogP contribution in [0.2, 0.25) is 0 Å². The standard InChI is InChI=1S/C13H14N2S/c1-9-6-7-11(14)10(8-9)12-4-3-5-13(15-12)16-2/h3-8H,14H2,1-2H3. The van der Waals surface area contributed by atoms with Crippen molar-refractivity contribution in [3.63, 3.8) is 0 Å². The molecule has 0 unspecified atom stereocenters. The van der Waals surface area contributed by atoms with Gasteiger partial charge in [0.25, 0.3) is 0 Å². The molecule has 1 aromatic heterocycles. The van der Waals surface area contributed by atoms with E-state index in [1.165, 1.54) is 5.56 Å². The number of hydrogen-bond acceptors (Lipinski definition) is 3. The van der Waals surface area contributed by atoms with E-state index in [9.17, 15) is 0 Å². The molecular weight excluding hydrogens is 216 g/mol. The second-order valence-corrected chi connectivity index (χ2v) is 4.48. The van der Waals surface area contributed by atoms with Crippen molar-refractivity contribution in [3.8, 4) is 11.3 Å². The number of nitrogens with two attached hydrogens (primary N) is 1. The van der Waals surface area contributed by atoms with Gasteiger partial charge in [-0.3, -0.25) is 0 Å². The zero-order valence-electron chi connectivity index (χ0n) is 9.40. The Morgan fingerprint density at radius 1 is 1.19 bits per heavy atom. The second-order valence-electron chi connectivity index (χ2n) is 3.66. The van der Waals surface area contributed by atoms with Crippen molar-refractivity contribution in [2.24, 2.45) is 0 Å². The van der Waals surface area contributed by atoms with Crippen LogP contribution in [0.15, 0.2) is 41.4 Å². The normalized spacial score (nSPS) is 10.4. The van der Waals surface area contributed by atoms with Crippen molar-refractivity contribution < 1.29 is 0 Å². The largest absolute Gasteiger partial charge is 0.398 e. The van der Waals surface area contributed by atoms with E-state index in [1.807, 2.05) is 36.6 Å². The number of nitrogen functional groups attached to an aromatic ring is 1. The molecule has 2 aromatic rings. The molecule has 3 heteroatoms. The first-order valence-corrected chi connectivity index (χ1v) is 6.31. The fourth-order valence-corrected chi connectivity index (χ4v) is 1.97. The number of thioether (sulfide) groups is 1. The first kappa shape index (κ1) is 11.0. The molecule has 2 nitrogen and oxygen atoms in total. The van der Waals surface area contributed by atoms with Gasteiger partial charge >= 0.3 is 0 Å². The summed E-state index contributed by atoms with van der Waals surface area (Å²) in [5, 5.41) is 1.01. The number of pyridine rings is 1. The van der Waals surface area contributed by atoms with Crippen molar-refractivity contribution >= 4 is 17.4 Å². The topological polar surface area (TPSA) is 38.9 Å². The zero-order valence-corrected chi connectivity index (χ0v) is 10.2. The van der Waals surface area contributed by atoms with E-state index in [1.54, 1.807) is 11.8 Å². The van der Waals surface area contributed by atoms with Crippen molar-refractivity contribution in [2.45, 2.75) is 11.9 Å². The zero-order chi connectivity index (χ0) is 11.5. The summed E-state index contributed by atoms with van der Waals surface area (Å²) in [7, 11) is 0. The molecule has 2 N–H and O–H groups in total. The fraction of sp³-hybridized carbons (Fsp3) is 0.154. The van der Waals surface area contributed by atoms with Crippen LogP contribution in [-0.4, -0.2) is 11.2 Å². The third-order valence-electron chi connectivity index (χ3n) is 2.42. The number of aromatic nitrogens is 1. The number of aryl methyl sites for hydroxylation is 1. The predicted molar refractivity (Wildman–Crippen MR) is 70.6 cm³/mol. The maximum atomic E-state index is 5.97. The molecular formula is C13H14N2S. The minimum absolute atomic E-state index is 0.774. The number of hydrogen-bond donors (Lipinski definition) is 1. The van der Waals surface area contributed by atoms with Crippen LogP contribution >= 0.6 is 11.8 Å². The Morgan fingerprint density at radius 3 is 2.75 bits per heavy atom. The number of rotatable bonds is 2. The van der Waals surface area contributed by atoms with Gasteiger partial charge in [0.05, 0.1) is 10.7 Å². The molecule has 0 atom stereocenters. The van der Waals surface area contributed by atoms with E-state index in [-0.39, 0.29) is 0 Å². The van der Waals surface area contributed by atoms with Crippen LogP contribution in [0.4, 0.5) is 5.69 Å². The molecule has 2 rings (SSSR count). The number of anilines is 1. The van der Waals surface area contributed by atoms with Crippen LogP contribution in [0.25, 0.3) is 11.3 Å². The van der Waals surface area contributed by atoms with Gasteiger partial charge in [-0.2, -0.15) is 0 Å². The minimum atomic E-state index is 0.774. The molecule has 0 saturated heterocycles. The van der Waals surface area contributed by atoms with Gasteiger partial charge in [0.1, 0.15) is 0 Å². The van der Waals surface area contributed by atoms with E-state index >= 15 is 0 Å². The predicted octanol–water partition coefficient (Wildman–Crippen LogP) is 3.36. The summed E-state index contributed by atoms with van der Waals surface area (Å²) in [6.45, 7) is 2.06. The summed E-state index contributed by atoms with van der Waals surface area (Å²) in [4.78, 5) is 4.55. The molecule has 0 saturated carbocycles. The molecule has 0 amide bonds. The van der Waals surface area contributed by atoms with Crippen LogP contribution in [0.3, 0.4) is 0 Å². The average Bonchev–Trinajstić information content (AvgIpc) is 2.32. The van der Waals surface area contributed by atoms with Gasteiger partial charge in [-0.05, 0) is 37.4 Å². The summed E-state index contributed by atoms with van der Waals surface area (Å²) in [6, 6.07) is 12.0. The van der Waals surface area contributed by atoms with E-state index < -0.39 is 0 Å². The van der Waals surface area contributed by atoms with Crippen molar-refractivity contribution in [1.82, 2.24) is 4.98 Å². The highest BCUT2D eigenvalue weighted by atomic mass is 32.2. The smallest absolute Gasteiger partial charge is 0.0964 e. The van der Waals surface area contributed by atoms with Crippen LogP contribution in [0.5, 0.6) is 0 Å². The van der Waals surface area contributed by atoms with Crippen molar-refractivity contribution in [3.05, 3.63) is 42.0 Å². The van der Waals surface area contributed by atoms with Gasteiger partial charge in [0.2, 0.25) is 0 Å². The third kappa shape index (κ3) is 2.19. The summed E-state index contributed by atoms with van der Waals surface area (Å²) in [5.74, 6) is 0. The van der Waals surface area contributed by atoms with Gasteiger partial charge in [-0.1, -0.05) is 17.7 Å². The number of nitrogens with zero attached hydrogens (tertiary/aromatic N) is 1. The highest BCUT2D eigenvalue weighted by Gasteiger charge is 2.04. The second kappa shape index (κ2) is 4.58. The lowest BCUT2D eigenvalue weighted by atomic mass is 10.1. The van der Waals surface area contributed by atoms with Crippen LogP contribution in [-0.2, 0) is 0 Å². The van der Waals surface area contributed by atoms with Crippen molar-refractivity contribution in [2.75, 3.05) is 12.0 Å². The Hall–Kier alpha value is -1.48. The Balaban J connectivity index is 2.53. The van der Waals surface area contributed by atoms with Gasteiger partial charge in [0, 0.05) is 11.3 Å². The first-order valence-electron chi connectivity index (χ1n) is 5.08. The molecule has 1 aromatic carbocycles. The Bertz CT molecular complexity index is 509. The highest BCUT2D eigenvalue weighted by molar-refractivity contribution is 7.98. The summed E-state index contributed by atoms with van der Waals surface area (Å²) >= 11 is 1.64. The summed E-state index contributed by atoms with van der Waals surface area (Å²) in [5.41, 5.74) is 9.88.